The van der Waals surface area contributed by atoms with E-state index in [0.29, 0.717) is 29.1 Å². The molecule has 0 aliphatic rings. The van der Waals surface area contributed by atoms with Gasteiger partial charge >= 0.3 is 0 Å². The number of aromatic nitrogens is 13. The fraction of sp³-hybridized carbons (Fsp3) is 0. The van der Waals surface area contributed by atoms with E-state index >= 15 is 0 Å². The highest BCUT2D eigenvalue weighted by molar-refractivity contribution is 9.11. The predicted molar refractivity (Wildman–Crippen MR) is 472 cm³/mol. The highest BCUT2D eigenvalue weighted by Gasteiger charge is 2.21. The zero-order valence-corrected chi connectivity index (χ0v) is 65.5. The number of fused-ring (bicyclic) bond motifs is 9. The van der Waals surface area contributed by atoms with Gasteiger partial charge in [-0.05, 0) is 146 Å². The summed E-state index contributed by atoms with van der Waals surface area (Å²) in [5.74, 6) is 3.33. The molecule has 0 N–H and O–H groups in total. The Balaban J connectivity index is 0.000000115. The molecule has 540 valence electrons. The van der Waals surface area contributed by atoms with Crippen molar-refractivity contribution < 1.29 is 0 Å². The van der Waals surface area contributed by atoms with Crippen molar-refractivity contribution in [3.8, 4) is 119 Å². The summed E-state index contributed by atoms with van der Waals surface area (Å²) in [4.78, 5) is 48.5. The number of benzene rings is 12. The lowest BCUT2D eigenvalue weighted by atomic mass is 10.1. The summed E-state index contributed by atoms with van der Waals surface area (Å²) in [5.41, 5.74) is 21.8. The smallest absolute Gasteiger partial charge is 0.164 e. The molecule has 0 saturated heterocycles. The largest absolute Gasteiger partial charge is 0.294 e. The van der Waals surface area contributed by atoms with Crippen LogP contribution >= 0.6 is 47.8 Å². The molecule has 0 saturated carbocycles. The maximum absolute atomic E-state index is 4.97. The molecule has 0 radical (unpaired) electrons. The fourth-order valence-corrected chi connectivity index (χ4v) is 15.7. The van der Waals surface area contributed by atoms with Crippen molar-refractivity contribution in [1.29, 1.82) is 0 Å². The molecule has 21 rings (SSSR count). The number of hydrogen-bond donors (Lipinski definition) is 0. The SMILES string of the molecule is Brc1ccc2c3cccnc3n(-c3ccc(-c4cc(-c5ccccc5)nc(-c5ccccc5)n4)cc3)c2c1.Brc1ccc2c3cccnc3n(-c3ccc(-c4nc(-c5ccccc5)cc(-c5ccccc5)n4)cc3)c2c1.Brc1ccc2c3cccnc3n(-c3ccc(-c4nc(-c5ccccc5)nc(-c5ccccc5)n4)cc3)c2c1. The first-order chi connectivity index (χ1) is 56.2. The van der Waals surface area contributed by atoms with E-state index in [9.17, 15) is 0 Å². The van der Waals surface area contributed by atoms with Gasteiger partial charge in [0.1, 0.15) is 16.9 Å². The Morgan fingerprint density at radius 2 is 0.412 bits per heavy atom. The average Bonchev–Trinajstić information content (AvgIpc) is 1.60. The Bertz CT molecular complexity index is 6240. The Kier molecular flexibility index (Phi) is 19.2. The quantitative estimate of drug-likeness (QED) is 0.116. The summed E-state index contributed by atoms with van der Waals surface area (Å²) >= 11 is 10.9. The molecule has 0 bridgehead atoms. The van der Waals surface area contributed by atoms with Crippen molar-refractivity contribution in [2.75, 3.05) is 0 Å². The van der Waals surface area contributed by atoms with Crippen molar-refractivity contribution >= 4 is 114 Å². The van der Waals surface area contributed by atoms with Crippen molar-refractivity contribution in [2.24, 2.45) is 0 Å². The van der Waals surface area contributed by atoms with Gasteiger partial charge in [-0.1, -0.05) is 260 Å². The lowest BCUT2D eigenvalue weighted by Gasteiger charge is -2.11. The molecule has 114 heavy (non-hydrogen) atoms. The molecular formula is C98H62Br3N13. The molecule has 9 aromatic heterocycles. The maximum Gasteiger partial charge on any atom is 0.164 e. The summed E-state index contributed by atoms with van der Waals surface area (Å²) in [6.07, 6.45) is 5.52. The maximum atomic E-state index is 4.97. The van der Waals surface area contributed by atoms with Crippen molar-refractivity contribution in [3.63, 3.8) is 0 Å². The van der Waals surface area contributed by atoms with Crippen LogP contribution in [0.5, 0.6) is 0 Å². The molecule has 0 unspecified atom stereocenters. The van der Waals surface area contributed by atoms with E-state index in [1.54, 1.807) is 0 Å². The molecule has 0 amide bonds. The van der Waals surface area contributed by atoms with Gasteiger partial charge < -0.3 is 0 Å². The van der Waals surface area contributed by atoms with E-state index in [-0.39, 0.29) is 0 Å². The number of rotatable bonds is 12. The third kappa shape index (κ3) is 14.1. The van der Waals surface area contributed by atoms with Gasteiger partial charge in [0.15, 0.2) is 29.1 Å². The Labute approximate surface area is 680 Å². The van der Waals surface area contributed by atoms with Crippen LogP contribution in [0, 0.1) is 0 Å². The fourth-order valence-electron chi connectivity index (χ4n) is 14.6. The molecule has 0 atom stereocenters. The second kappa shape index (κ2) is 31.1. The molecule has 0 fully saturated rings. The van der Waals surface area contributed by atoms with Gasteiger partial charge in [-0.3, -0.25) is 13.7 Å². The molecule has 13 nitrogen and oxygen atoms in total. The number of hydrogen-bond acceptors (Lipinski definition) is 10. The highest BCUT2D eigenvalue weighted by Crippen LogP contribution is 2.39. The van der Waals surface area contributed by atoms with E-state index < -0.39 is 0 Å². The van der Waals surface area contributed by atoms with Crippen LogP contribution in [0.25, 0.3) is 185 Å². The monoisotopic (exact) mass is 1660 g/mol. The van der Waals surface area contributed by atoms with Crippen LogP contribution in [0.2, 0.25) is 0 Å². The first-order valence-corrected chi connectivity index (χ1v) is 39.4. The third-order valence-corrected chi connectivity index (χ3v) is 21.5. The van der Waals surface area contributed by atoms with E-state index in [4.69, 9.17) is 49.8 Å². The molecule has 9 heterocycles. The molecule has 21 aromatic rings. The minimum atomic E-state index is 0.632. The minimum Gasteiger partial charge on any atom is -0.294 e. The molecule has 0 aliphatic carbocycles. The lowest BCUT2D eigenvalue weighted by Crippen LogP contribution is -2.00. The Morgan fingerprint density at radius 1 is 0.184 bits per heavy atom. The van der Waals surface area contributed by atoms with Crippen molar-refractivity contribution in [2.45, 2.75) is 0 Å². The van der Waals surface area contributed by atoms with E-state index in [1.165, 1.54) is 10.8 Å². The zero-order valence-electron chi connectivity index (χ0n) is 60.7. The Morgan fingerprint density at radius 3 is 0.684 bits per heavy atom. The number of nitrogens with zero attached hydrogens (tertiary/aromatic N) is 13. The van der Waals surface area contributed by atoms with Gasteiger partial charge in [0.2, 0.25) is 0 Å². The average molecular weight is 1660 g/mol. The van der Waals surface area contributed by atoms with Gasteiger partial charge in [-0.25, -0.2) is 49.8 Å². The number of pyridine rings is 3. The standard InChI is InChI=1S/2C33H21BrN4.C32H20BrN5/c34-25-15-18-27-28-12-7-19-35-33(28)38(31(27)20-25)26-16-13-23(14-17-26)30-21-29(22-8-3-1-4-9-22)36-32(37-30)24-10-5-2-6-11-24;34-25-15-18-27-28-12-7-19-35-33(28)38(31(27)20-25)26-16-13-24(14-17-26)32-36-29(22-8-3-1-4-9-22)21-30(37-32)23-10-5-2-6-11-23;33-24-15-18-26-27-12-7-19-34-32(27)38(28(26)20-24)25-16-13-23(14-17-25)31-36-29(21-8-3-1-4-9-21)35-30(37-31)22-10-5-2-6-11-22/h2*1-21H;1-20H. The topological polar surface area (TPSA) is 144 Å². The predicted octanol–water partition coefficient (Wildman–Crippen LogP) is 25.6. The van der Waals surface area contributed by atoms with Crippen LogP contribution in [0.3, 0.4) is 0 Å². The lowest BCUT2D eigenvalue weighted by molar-refractivity contribution is 1.07. The zero-order chi connectivity index (χ0) is 76.4. The van der Waals surface area contributed by atoms with E-state index in [0.717, 1.165) is 158 Å². The highest BCUT2D eigenvalue weighted by atomic mass is 79.9. The second-order valence-electron chi connectivity index (χ2n) is 27.2. The molecule has 12 aromatic carbocycles. The molecule has 16 heteroatoms. The molecule has 0 aliphatic heterocycles. The summed E-state index contributed by atoms with van der Waals surface area (Å²) in [7, 11) is 0. The van der Waals surface area contributed by atoms with Crippen LogP contribution in [0.15, 0.2) is 390 Å². The summed E-state index contributed by atoms with van der Waals surface area (Å²) in [6, 6.07) is 122. The van der Waals surface area contributed by atoms with Crippen LogP contribution < -0.4 is 0 Å². The van der Waals surface area contributed by atoms with E-state index in [2.05, 4.69) is 256 Å². The normalized spacial score (nSPS) is 11.3. The molecule has 0 spiro atoms. The first-order valence-electron chi connectivity index (χ1n) is 37.1. The van der Waals surface area contributed by atoms with Crippen molar-refractivity contribution in [1.82, 2.24) is 63.5 Å². The van der Waals surface area contributed by atoms with Gasteiger partial charge in [-0.15, -0.1) is 0 Å². The van der Waals surface area contributed by atoms with Gasteiger partial charge in [0.05, 0.1) is 39.3 Å². The van der Waals surface area contributed by atoms with Crippen LogP contribution in [0.1, 0.15) is 0 Å². The summed E-state index contributed by atoms with van der Waals surface area (Å²) in [6.45, 7) is 0. The van der Waals surface area contributed by atoms with E-state index in [1.807, 2.05) is 182 Å². The van der Waals surface area contributed by atoms with Crippen molar-refractivity contribution in [3.05, 3.63) is 390 Å². The molecular weight excluding hydrogens is 1600 g/mol. The van der Waals surface area contributed by atoms with Crippen LogP contribution in [-0.4, -0.2) is 63.5 Å². The van der Waals surface area contributed by atoms with Gasteiger partial charge in [-0.2, -0.15) is 0 Å². The second-order valence-corrected chi connectivity index (χ2v) is 29.9. The minimum absolute atomic E-state index is 0.632. The Hall–Kier alpha value is -13.9. The first kappa shape index (κ1) is 70.5. The summed E-state index contributed by atoms with van der Waals surface area (Å²) < 4.78 is 9.70. The van der Waals surface area contributed by atoms with Crippen LogP contribution in [0.4, 0.5) is 0 Å². The summed E-state index contributed by atoms with van der Waals surface area (Å²) in [5, 5.41) is 6.90. The third-order valence-electron chi connectivity index (χ3n) is 20.0. The number of halogens is 3. The van der Waals surface area contributed by atoms with Crippen LogP contribution in [-0.2, 0) is 0 Å². The van der Waals surface area contributed by atoms with Gasteiger partial charge in [0, 0.05) is 131 Å². The van der Waals surface area contributed by atoms with Gasteiger partial charge in [0.25, 0.3) is 0 Å².